The predicted octanol–water partition coefficient (Wildman–Crippen LogP) is 2.52. The molecular weight excluding hydrogens is 286 g/mol. The van der Waals surface area contributed by atoms with Crippen LogP contribution in [0.4, 0.5) is 0 Å². The fraction of sp³-hybridized carbons (Fsp3) is 0.421. The van der Waals surface area contributed by atoms with Crippen LogP contribution in [0.3, 0.4) is 0 Å². The summed E-state index contributed by atoms with van der Waals surface area (Å²) >= 11 is 0. The van der Waals surface area contributed by atoms with E-state index in [1.165, 1.54) is 24.1 Å². The van der Waals surface area contributed by atoms with Gasteiger partial charge in [0.2, 0.25) is 5.91 Å². The van der Waals surface area contributed by atoms with Crippen molar-refractivity contribution in [1.82, 2.24) is 14.9 Å². The van der Waals surface area contributed by atoms with Crippen molar-refractivity contribution in [3.8, 4) is 0 Å². The lowest BCUT2D eigenvalue weighted by Crippen LogP contribution is -2.34. The highest BCUT2D eigenvalue weighted by Crippen LogP contribution is 2.41. The predicted molar refractivity (Wildman–Crippen MR) is 88.1 cm³/mol. The molecule has 1 aliphatic carbocycles. The summed E-state index contributed by atoms with van der Waals surface area (Å²) in [6, 6.07) is 9.98. The number of hydrogen-bond acceptors (Lipinski definition) is 3. The molecule has 2 aromatic rings. The summed E-state index contributed by atoms with van der Waals surface area (Å²) < 4.78 is 0. The molecule has 1 aliphatic heterocycles. The molecule has 0 bridgehead atoms. The molecule has 23 heavy (non-hydrogen) atoms. The number of hydrogen-bond donors (Lipinski definition) is 0. The van der Waals surface area contributed by atoms with Crippen molar-refractivity contribution < 1.29 is 4.79 Å². The van der Waals surface area contributed by atoms with Gasteiger partial charge >= 0.3 is 0 Å². The van der Waals surface area contributed by atoms with E-state index in [1.807, 2.05) is 35.2 Å². The summed E-state index contributed by atoms with van der Waals surface area (Å²) in [6.07, 6.45) is 6.42. The van der Waals surface area contributed by atoms with Gasteiger partial charge in [0, 0.05) is 31.1 Å². The third kappa shape index (κ3) is 3.11. The van der Waals surface area contributed by atoms with Crippen LogP contribution in [0.15, 0.2) is 36.7 Å². The van der Waals surface area contributed by atoms with E-state index < -0.39 is 0 Å². The summed E-state index contributed by atoms with van der Waals surface area (Å²) in [5.74, 6) is 0.850. The molecular formula is C19H21N3O. The fourth-order valence-electron chi connectivity index (χ4n) is 3.39. The second-order valence-electron chi connectivity index (χ2n) is 6.50. The number of benzene rings is 1. The molecule has 0 saturated heterocycles. The molecule has 1 fully saturated rings. The van der Waals surface area contributed by atoms with Crippen LogP contribution in [0.25, 0.3) is 0 Å². The van der Waals surface area contributed by atoms with E-state index in [0.29, 0.717) is 12.3 Å². The van der Waals surface area contributed by atoms with Crippen LogP contribution in [0.2, 0.25) is 0 Å². The molecule has 0 atom stereocenters. The summed E-state index contributed by atoms with van der Waals surface area (Å²) in [5, 5.41) is 0. The number of aromatic nitrogens is 2. The number of rotatable bonds is 3. The Labute approximate surface area is 136 Å². The van der Waals surface area contributed by atoms with E-state index >= 15 is 0 Å². The minimum absolute atomic E-state index is 0.213. The first kappa shape index (κ1) is 14.4. The molecule has 118 valence electrons. The van der Waals surface area contributed by atoms with Crippen LogP contribution >= 0.6 is 0 Å². The third-order valence-corrected chi connectivity index (χ3v) is 4.83. The third-order valence-electron chi connectivity index (χ3n) is 4.83. The number of carbonyl (C=O) groups is 1. The summed E-state index contributed by atoms with van der Waals surface area (Å²) in [6.45, 7) is 1.55. The van der Waals surface area contributed by atoms with E-state index in [4.69, 9.17) is 0 Å². The van der Waals surface area contributed by atoms with Crippen molar-refractivity contribution in [2.75, 3.05) is 13.1 Å². The van der Waals surface area contributed by atoms with Crippen LogP contribution < -0.4 is 0 Å². The van der Waals surface area contributed by atoms with Crippen molar-refractivity contribution in [1.29, 1.82) is 0 Å². The average molecular weight is 307 g/mol. The van der Waals surface area contributed by atoms with Crippen molar-refractivity contribution in [3.63, 3.8) is 0 Å². The van der Waals surface area contributed by atoms with E-state index in [0.717, 1.165) is 37.2 Å². The van der Waals surface area contributed by atoms with Gasteiger partial charge in [-0.15, -0.1) is 0 Å². The van der Waals surface area contributed by atoms with Crippen LogP contribution in [0.1, 0.15) is 41.3 Å². The maximum absolute atomic E-state index is 12.6. The van der Waals surface area contributed by atoms with Gasteiger partial charge < -0.3 is 4.90 Å². The molecule has 2 heterocycles. The Morgan fingerprint density at radius 3 is 2.65 bits per heavy atom. The summed E-state index contributed by atoms with van der Waals surface area (Å²) in [4.78, 5) is 23.6. The molecule has 1 aromatic heterocycles. The molecule has 1 saturated carbocycles. The number of carbonyl (C=O) groups excluding carboxylic acids is 1. The Morgan fingerprint density at radius 2 is 1.87 bits per heavy atom. The highest BCUT2D eigenvalue weighted by molar-refractivity contribution is 5.78. The van der Waals surface area contributed by atoms with E-state index in [-0.39, 0.29) is 5.91 Å². The molecule has 4 nitrogen and oxygen atoms in total. The summed E-state index contributed by atoms with van der Waals surface area (Å²) in [7, 11) is 0. The van der Waals surface area contributed by atoms with Crippen LogP contribution in [0.5, 0.6) is 0 Å². The molecule has 2 aliphatic rings. The lowest BCUT2D eigenvalue weighted by atomic mass is 10.0. The fourth-order valence-corrected chi connectivity index (χ4v) is 3.39. The second kappa shape index (κ2) is 6.11. The number of amides is 1. The Morgan fingerprint density at radius 1 is 1.09 bits per heavy atom. The Kier molecular flexibility index (Phi) is 3.82. The quantitative estimate of drug-likeness (QED) is 0.875. The zero-order valence-corrected chi connectivity index (χ0v) is 13.2. The Balaban J connectivity index is 1.47. The molecule has 4 rings (SSSR count). The van der Waals surface area contributed by atoms with Crippen molar-refractivity contribution >= 4 is 5.91 Å². The number of nitrogens with zero attached hydrogens (tertiary/aromatic N) is 3. The monoisotopic (exact) mass is 307 g/mol. The first-order chi connectivity index (χ1) is 11.3. The molecule has 4 heteroatoms. The van der Waals surface area contributed by atoms with Gasteiger partial charge in [0.15, 0.2) is 0 Å². The van der Waals surface area contributed by atoms with Gasteiger partial charge in [-0.2, -0.15) is 0 Å². The van der Waals surface area contributed by atoms with Crippen molar-refractivity contribution in [2.24, 2.45) is 0 Å². The minimum atomic E-state index is 0.213. The van der Waals surface area contributed by atoms with Crippen LogP contribution in [-0.2, 0) is 24.1 Å². The average Bonchev–Trinajstić information content (AvgIpc) is 3.42. The Hall–Kier alpha value is -2.23. The maximum Gasteiger partial charge on any atom is 0.227 e. The van der Waals surface area contributed by atoms with Gasteiger partial charge in [0.1, 0.15) is 6.33 Å². The van der Waals surface area contributed by atoms with Gasteiger partial charge in [0.25, 0.3) is 0 Å². The van der Waals surface area contributed by atoms with Crippen molar-refractivity contribution in [2.45, 2.75) is 38.0 Å². The highest BCUT2D eigenvalue weighted by Gasteiger charge is 2.30. The molecule has 0 unspecified atom stereocenters. The lowest BCUT2D eigenvalue weighted by molar-refractivity contribution is -0.130. The minimum Gasteiger partial charge on any atom is -0.342 e. The van der Waals surface area contributed by atoms with Gasteiger partial charge in [-0.05, 0) is 30.4 Å². The van der Waals surface area contributed by atoms with Crippen molar-refractivity contribution in [3.05, 3.63) is 59.2 Å². The molecule has 0 spiro atoms. The zero-order valence-electron chi connectivity index (χ0n) is 13.2. The van der Waals surface area contributed by atoms with Gasteiger partial charge in [-0.25, -0.2) is 9.97 Å². The van der Waals surface area contributed by atoms with E-state index in [1.54, 1.807) is 6.33 Å². The SMILES string of the molecule is O=C(Cc1ccccc1)N1CCc2ncnc(C3CC3)c2CC1. The van der Waals surface area contributed by atoms with E-state index in [2.05, 4.69) is 9.97 Å². The Bertz CT molecular complexity index is 710. The first-order valence-corrected chi connectivity index (χ1v) is 8.45. The standard InChI is InChI=1S/C19H21N3O/c23-18(12-14-4-2-1-3-5-14)22-10-8-16-17(9-11-22)20-13-21-19(16)15-6-7-15/h1-5,13,15H,6-12H2. The van der Waals surface area contributed by atoms with Crippen LogP contribution in [-0.4, -0.2) is 33.9 Å². The molecule has 0 N–H and O–H groups in total. The second-order valence-corrected chi connectivity index (χ2v) is 6.50. The topological polar surface area (TPSA) is 46.1 Å². The highest BCUT2D eigenvalue weighted by atomic mass is 16.2. The largest absolute Gasteiger partial charge is 0.342 e. The molecule has 1 aromatic carbocycles. The zero-order chi connectivity index (χ0) is 15.6. The smallest absolute Gasteiger partial charge is 0.227 e. The molecule has 1 amide bonds. The van der Waals surface area contributed by atoms with Gasteiger partial charge in [-0.3, -0.25) is 4.79 Å². The number of fused-ring (bicyclic) bond motifs is 1. The lowest BCUT2D eigenvalue weighted by Gasteiger charge is -2.20. The summed E-state index contributed by atoms with van der Waals surface area (Å²) in [5.41, 5.74) is 4.78. The molecule has 0 radical (unpaired) electrons. The van der Waals surface area contributed by atoms with Gasteiger partial charge in [-0.1, -0.05) is 30.3 Å². The maximum atomic E-state index is 12.6. The van der Waals surface area contributed by atoms with E-state index in [9.17, 15) is 4.79 Å². The normalized spacial score (nSPS) is 17.5. The van der Waals surface area contributed by atoms with Gasteiger partial charge in [0.05, 0.1) is 12.1 Å². The van der Waals surface area contributed by atoms with Crippen LogP contribution in [0, 0.1) is 0 Å². The first-order valence-electron chi connectivity index (χ1n) is 8.45.